The Morgan fingerprint density at radius 3 is 1.23 bits per heavy atom. The molecule has 16 aromatic rings. The standard InChI is InChI=1S/C34H21N5.C28H16BrN5.C6H7BO2/c1-3-10-22(11-4-1)30-27-19-17-23-18-20-29(36-31(23)32(27)38-33(37-30)24-12-5-2-6-13-24)39-28-16-8-7-14-25(28)26-15-9-21-35-34(26)39;29-28-32-24(17-7-2-1-3-8-17)21-14-12-18-13-15-23(31-25(18)26(21)33-28)34-22-11-5-4-9-19(22)20-10-6-16-30-27(20)34;8-7(9)6-4-2-1-3-5-6/h1-21H;1-16H;1-5,8-9H. The summed E-state index contributed by atoms with van der Waals surface area (Å²) in [4.78, 5) is 39.4. The van der Waals surface area contributed by atoms with Crippen molar-refractivity contribution >= 4 is 116 Å². The molecule has 0 saturated carbocycles. The Hall–Kier alpha value is -10.4. The van der Waals surface area contributed by atoms with Gasteiger partial charge in [0.25, 0.3) is 0 Å². The number of aromatic nitrogens is 10. The Kier molecular flexibility index (Phi) is 13.0. The number of para-hydroxylation sites is 2. The van der Waals surface area contributed by atoms with Crippen LogP contribution in [-0.4, -0.2) is 66.2 Å². The number of hydrogen-bond donors (Lipinski definition) is 2. The molecule has 0 radical (unpaired) electrons. The Labute approximate surface area is 477 Å². The zero-order valence-corrected chi connectivity index (χ0v) is 45.2. The molecule has 0 fully saturated rings. The van der Waals surface area contributed by atoms with Crippen molar-refractivity contribution in [3.05, 3.63) is 260 Å². The maximum Gasteiger partial charge on any atom is 0.488 e. The summed E-state index contributed by atoms with van der Waals surface area (Å²) < 4.78 is 4.80. The van der Waals surface area contributed by atoms with Gasteiger partial charge < -0.3 is 10.0 Å². The van der Waals surface area contributed by atoms with Crippen molar-refractivity contribution in [2.45, 2.75) is 0 Å². The van der Waals surface area contributed by atoms with Crippen LogP contribution >= 0.6 is 15.9 Å². The number of halogens is 1. The van der Waals surface area contributed by atoms with Gasteiger partial charge in [0.15, 0.2) is 10.6 Å². The monoisotopic (exact) mass is 1120 g/mol. The lowest BCUT2D eigenvalue weighted by atomic mass is 9.81. The maximum atomic E-state index is 8.58. The van der Waals surface area contributed by atoms with Crippen LogP contribution in [0.1, 0.15) is 0 Å². The molecule has 8 aromatic heterocycles. The van der Waals surface area contributed by atoms with E-state index in [1.807, 2.05) is 109 Å². The van der Waals surface area contributed by atoms with Crippen LogP contribution in [0.4, 0.5) is 0 Å². The van der Waals surface area contributed by atoms with Gasteiger partial charge in [-0.05, 0) is 94.2 Å². The third kappa shape index (κ3) is 9.12. The molecule has 0 bridgehead atoms. The Morgan fingerprint density at radius 2 is 0.744 bits per heavy atom. The highest BCUT2D eigenvalue weighted by molar-refractivity contribution is 9.10. The van der Waals surface area contributed by atoms with Crippen molar-refractivity contribution in [3.63, 3.8) is 0 Å². The van der Waals surface area contributed by atoms with Crippen LogP contribution in [0.5, 0.6) is 0 Å². The van der Waals surface area contributed by atoms with Crippen LogP contribution in [0.2, 0.25) is 0 Å². The van der Waals surface area contributed by atoms with Crippen LogP contribution in [0.15, 0.2) is 260 Å². The Bertz CT molecular complexity index is 4940. The van der Waals surface area contributed by atoms with Gasteiger partial charge >= 0.3 is 7.12 Å². The van der Waals surface area contributed by atoms with Crippen molar-refractivity contribution in [1.29, 1.82) is 0 Å². The molecule has 0 saturated heterocycles. The molecular formula is C68H44BBrN10O2. The highest BCUT2D eigenvalue weighted by Gasteiger charge is 2.20. The van der Waals surface area contributed by atoms with Crippen LogP contribution in [0, 0.1) is 0 Å². The fourth-order valence-corrected chi connectivity index (χ4v) is 11.1. The first kappa shape index (κ1) is 49.9. The molecule has 0 spiro atoms. The first-order valence-electron chi connectivity index (χ1n) is 26.6. The Morgan fingerprint density at radius 1 is 0.329 bits per heavy atom. The number of pyridine rings is 4. The molecule has 12 nitrogen and oxygen atoms in total. The average molecular weight is 1120 g/mol. The third-order valence-corrected chi connectivity index (χ3v) is 14.9. The zero-order valence-electron chi connectivity index (χ0n) is 43.6. The average Bonchev–Trinajstić information content (AvgIpc) is 3.98. The largest absolute Gasteiger partial charge is 0.488 e. The van der Waals surface area contributed by atoms with E-state index in [0.29, 0.717) is 16.0 Å². The number of nitrogens with zero attached hydrogens (tertiary/aromatic N) is 10. The van der Waals surface area contributed by atoms with Gasteiger partial charge in [-0.1, -0.05) is 170 Å². The van der Waals surface area contributed by atoms with Crippen LogP contribution in [0.25, 0.3) is 133 Å². The highest BCUT2D eigenvalue weighted by Crippen LogP contribution is 2.37. The predicted molar refractivity (Wildman–Crippen MR) is 334 cm³/mol. The van der Waals surface area contributed by atoms with Crippen molar-refractivity contribution in [3.8, 4) is 45.5 Å². The number of benzene rings is 8. The second kappa shape index (κ2) is 21.4. The molecule has 0 amide bonds. The SMILES string of the molecule is Brc1nc(-c2ccccc2)c2ccc3ccc(-n4c5ccccc5c5cccnc54)nc3c2n1.OB(O)c1ccccc1.c1ccc(-c2nc(-c3ccccc3)c3ccc4ccc(-n5c6ccccc6c6cccnc65)nc4c3n2)cc1. The minimum Gasteiger partial charge on any atom is -0.423 e. The minimum absolute atomic E-state index is 0.525. The topological polar surface area (TPSA) is 153 Å². The second-order valence-corrected chi connectivity index (χ2v) is 20.2. The van der Waals surface area contributed by atoms with E-state index in [4.69, 9.17) is 49.9 Å². The van der Waals surface area contributed by atoms with E-state index in [2.05, 4.69) is 146 Å². The smallest absolute Gasteiger partial charge is 0.423 e. The van der Waals surface area contributed by atoms with Crippen LogP contribution < -0.4 is 5.46 Å². The first-order chi connectivity index (χ1) is 40.4. The lowest BCUT2D eigenvalue weighted by Gasteiger charge is -2.12. The fourth-order valence-electron chi connectivity index (χ4n) is 10.8. The lowest BCUT2D eigenvalue weighted by molar-refractivity contribution is 0.426. The van der Waals surface area contributed by atoms with Gasteiger partial charge in [-0.3, -0.25) is 9.13 Å². The summed E-state index contributed by atoms with van der Waals surface area (Å²) in [5, 5.41) is 25.7. The van der Waals surface area contributed by atoms with E-state index in [9.17, 15) is 0 Å². The molecule has 0 atom stereocenters. The molecule has 0 aliphatic heterocycles. The van der Waals surface area contributed by atoms with Gasteiger partial charge in [0.2, 0.25) is 0 Å². The zero-order chi connectivity index (χ0) is 55.1. The lowest BCUT2D eigenvalue weighted by Crippen LogP contribution is -2.29. The van der Waals surface area contributed by atoms with E-state index in [1.54, 1.807) is 24.3 Å². The molecule has 2 N–H and O–H groups in total. The maximum absolute atomic E-state index is 8.58. The van der Waals surface area contributed by atoms with E-state index in [-0.39, 0.29) is 0 Å². The molecule has 8 aromatic carbocycles. The van der Waals surface area contributed by atoms with E-state index >= 15 is 0 Å². The summed E-state index contributed by atoms with van der Waals surface area (Å²) >= 11 is 3.52. The van der Waals surface area contributed by atoms with Crippen molar-refractivity contribution in [2.75, 3.05) is 0 Å². The van der Waals surface area contributed by atoms with Crippen molar-refractivity contribution in [1.82, 2.24) is 49.0 Å². The highest BCUT2D eigenvalue weighted by atomic mass is 79.9. The van der Waals surface area contributed by atoms with Crippen LogP contribution in [-0.2, 0) is 0 Å². The number of rotatable bonds is 6. The summed E-state index contributed by atoms with van der Waals surface area (Å²) in [7, 11) is -1.34. The Balaban J connectivity index is 0.000000128. The van der Waals surface area contributed by atoms with Crippen LogP contribution in [0.3, 0.4) is 0 Å². The molecular weight excluding hydrogens is 1080 g/mol. The van der Waals surface area contributed by atoms with E-state index in [1.165, 1.54) is 0 Å². The summed E-state index contributed by atoms with van der Waals surface area (Å²) in [6.07, 6.45) is 3.66. The quantitative estimate of drug-likeness (QED) is 0.0934. The van der Waals surface area contributed by atoms with E-state index in [0.717, 1.165) is 127 Å². The molecule has 0 aliphatic carbocycles. The summed E-state index contributed by atoms with van der Waals surface area (Å²) in [6, 6.07) is 80.8. The molecule has 0 aliphatic rings. The second-order valence-electron chi connectivity index (χ2n) is 19.5. The molecule has 16 rings (SSSR count). The van der Waals surface area contributed by atoms with Gasteiger partial charge in [-0.25, -0.2) is 39.9 Å². The minimum atomic E-state index is -1.34. The van der Waals surface area contributed by atoms with Crippen molar-refractivity contribution in [2.24, 2.45) is 0 Å². The van der Waals surface area contributed by atoms with Gasteiger partial charge in [0.1, 0.15) is 34.0 Å². The summed E-state index contributed by atoms with van der Waals surface area (Å²) in [6.45, 7) is 0. The predicted octanol–water partition coefficient (Wildman–Crippen LogP) is 14.5. The summed E-state index contributed by atoms with van der Waals surface area (Å²) in [5.41, 5.74) is 12.6. The van der Waals surface area contributed by atoms with Crippen molar-refractivity contribution < 1.29 is 10.0 Å². The first-order valence-corrected chi connectivity index (χ1v) is 27.4. The molecule has 0 unspecified atom stereocenters. The van der Waals surface area contributed by atoms with Gasteiger partial charge in [-0.15, -0.1) is 0 Å². The molecule has 8 heterocycles. The van der Waals surface area contributed by atoms with Gasteiger partial charge in [-0.2, -0.15) is 0 Å². The van der Waals surface area contributed by atoms with E-state index < -0.39 is 7.12 Å². The normalized spacial score (nSPS) is 11.4. The fraction of sp³-hybridized carbons (Fsp3) is 0. The number of fused-ring (bicyclic) bond motifs is 12. The molecule has 388 valence electrons. The van der Waals surface area contributed by atoms with Gasteiger partial charge in [0.05, 0.1) is 33.5 Å². The molecule has 14 heteroatoms. The molecule has 82 heavy (non-hydrogen) atoms. The number of hydrogen-bond acceptors (Lipinski definition) is 10. The van der Waals surface area contributed by atoms with Gasteiger partial charge in [0, 0.05) is 72.2 Å². The third-order valence-electron chi connectivity index (χ3n) is 14.5. The summed E-state index contributed by atoms with van der Waals surface area (Å²) in [5.74, 6) is 2.29.